The quantitative estimate of drug-likeness (QED) is 0.820. The fourth-order valence-corrected chi connectivity index (χ4v) is 2.38. The molecule has 2 aromatic rings. The summed E-state index contributed by atoms with van der Waals surface area (Å²) >= 11 is 3.30. The first-order valence-corrected chi connectivity index (χ1v) is 7.73. The van der Waals surface area contributed by atoms with Crippen molar-refractivity contribution in [2.45, 2.75) is 19.8 Å². The van der Waals surface area contributed by atoms with Crippen molar-refractivity contribution in [3.05, 3.63) is 69.7 Å². The smallest absolute Gasteiger partial charge is 0.267 e. The molecule has 0 atom stereocenters. The second kappa shape index (κ2) is 7.22. The van der Waals surface area contributed by atoms with Crippen LogP contribution in [-0.2, 0) is 0 Å². The molecule has 0 aliphatic rings. The molecule has 2 N–H and O–H groups in total. The summed E-state index contributed by atoms with van der Waals surface area (Å²) in [6.45, 7) is 4.18. The fraction of sp³-hybridized carbons (Fsp3) is 0.176. The lowest BCUT2D eigenvalue weighted by atomic mass is 10.0. The molecule has 0 aliphatic carbocycles. The Morgan fingerprint density at radius 1 is 0.909 bits per heavy atom. The van der Waals surface area contributed by atoms with E-state index in [1.54, 1.807) is 30.3 Å². The summed E-state index contributed by atoms with van der Waals surface area (Å²) in [7, 11) is 0. The summed E-state index contributed by atoms with van der Waals surface area (Å²) < 4.78 is 0.669. The molecule has 22 heavy (non-hydrogen) atoms. The van der Waals surface area contributed by atoms with Crippen LogP contribution in [-0.4, -0.2) is 11.8 Å². The van der Waals surface area contributed by atoms with Gasteiger partial charge >= 0.3 is 0 Å². The number of hydrazine groups is 1. The summed E-state index contributed by atoms with van der Waals surface area (Å²) in [5.41, 5.74) is 6.94. The van der Waals surface area contributed by atoms with E-state index in [4.69, 9.17) is 0 Å². The molecule has 0 saturated carbocycles. The fourth-order valence-electron chi connectivity index (χ4n) is 1.92. The average Bonchev–Trinajstić information content (AvgIpc) is 2.52. The minimum Gasteiger partial charge on any atom is -0.267 e. The Morgan fingerprint density at radius 3 is 2.09 bits per heavy atom. The van der Waals surface area contributed by atoms with Crippen LogP contribution in [0.2, 0.25) is 0 Å². The molecule has 0 aliphatic heterocycles. The van der Waals surface area contributed by atoms with Crippen LogP contribution in [0.5, 0.6) is 0 Å². The van der Waals surface area contributed by atoms with Gasteiger partial charge in [0, 0.05) is 10.0 Å². The maximum atomic E-state index is 12.0. The first kappa shape index (κ1) is 16.2. The number of nitrogens with one attached hydrogen (secondary N) is 2. The van der Waals surface area contributed by atoms with Gasteiger partial charge in [-0.15, -0.1) is 0 Å². The highest BCUT2D eigenvalue weighted by Gasteiger charge is 2.11. The third-order valence-corrected chi connectivity index (χ3v) is 3.94. The van der Waals surface area contributed by atoms with Gasteiger partial charge in [0.15, 0.2) is 0 Å². The summed E-state index contributed by atoms with van der Waals surface area (Å²) in [6, 6.07) is 14.3. The maximum absolute atomic E-state index is 12.0. The monoisotopic (exact) mass is 360 g/mol. The van der Waals surface area contributed by atoms with Gasteiger partial charge in [-0.05, 0) is 51.7 Å². The van der Waals surface area contributed by atoms with Crippen LogP contribution in [0.3, 0.4) is 0 Å². The van der Waals surface area contributed by atoms with Crippen LogP contribution in [0.1, 0.15) is 46.0 Å². The van der Waals surface area contributed by atoms with E-state index >= 15 is 0 Å². The Bertz CT molecular complexity index is 681. The highest BCUT2D eigenvalue weighted by Crippen LogP contribution is 2.16. The highest BCUT2D eigenvalue weighted by molar-refractivity contribution is 9.10. The van der Waals surface area contributed by atoms with Gasteiger partial charge in [0.05, 0.1) is 5.56 Å². The van der Waals surface area contributed by atoms with E-state index in [1.165, 1.54) is 0 Å². The number of carbonyl (C=O) groups is 2. The van der Waals surface area contributed by atoms with E-state index in [-0.39, 0.29) is 11.8 Å². The number of halogens is 1. The number of amides is 2. The SMILES string of the molecule is CC(C)c1ccc(C(=O)NNC(=O)c2ccccc2Br)cc1. The van der Waals surface area contributed by atoms with Crippen molar-refractivity contribution < 1.29 is 9.59 Å². The molecule has 0 fully saturated rings. The van der Waals surface area contributed by atoms with Gasteiger partial charge in [0.25, 0.3) is 11.8 Å². The zero-order valence-electron chi connectivity index (χ0n) is 12.4. The molecule has 4 nitrogen and oxygen atoms in total. The summed E-state index contributed by atoms with van der Waals surface area (Å²) in [5, 5.41) is 0. The Labute approximate surface area is 138 Å². The van der Waals surface area contributed by atoms with Crippen molar-refractivity contribution >= 4 is 27.7 Å². The van der Waals surface area contributed by atoms with Crippen molar-refractivity contribution in [2.24, 2.45) is 0 Å². The highest BCUT2D eigenvalue weighted by atomic mass is 79.9. The van der Waals surface area contributed by atoms with Crippen LogP contribution >= 0.6 is 15.9 Å². The predicted octanol–water partition coefficient (Wildman–Crippen LogP) is 3.65. The third kappa shape index (κ3) is 3.95. The topological polar surface area (TPSA) is 58.2 Å². The van der Waals surface area contributed by atoms with E-state index < -0.39 is 0 Å². The van der Waals surface area contributed by atoms with E-state index in [2.05, 4.69) is 40.6 Å². The van der Waals surface area contributed by atoms with Gasteiger partial charge in [-0.2, -0.15) is 0 Å². The lowest BCUT2D eigenvalue weighted by molar-refractivity contribution is 0.0846. The molecule has 2 rings (SSSR count). The zero-order chi connectivity index (χ0) is 16.1. The molecule has 114 valence electrons. The molecule has 0 radical (unpaired) electrons. The molecule has 0 aromatic heterocycles. The second-order valence-corrected chi connectivity index (χ2v) is 6.02. The van der Waals surface area contributed by atoms with E-state index in [9.17, 15) is 9.59 Å². The lowest BCUT2D eigenvalue weighted by Crippen LogP contribution is -2.41. The van der Waals surface area contributed by atoms with Gasteiger partial charge in [0.2, 0.25) is 0 Å². The molecular formula is C17H17BrN2O2. The number of hydrogen-bond acceptors (Lipinski definition) is 2. The van der Waals surface area contributed by atoms with Gasteiger partial charge in [-0.1, -0.05) is 38.1 Å². The summed E-state index contributed by atoms with van der Waals surface area (Å²) in [6.07, 6.45) is 0. The standard InChI is InChI=1S/C17H17BrN2O2/c1-11(2)12-7-9-13(10-8-12)16(21)19-20-17(22)14-5-3-4-6-15(14)18/h3-11H,1-2H3,(H,19,21)(H,20,22). The number of hydrogen-bond donors (Lipinski definition) is 2. The predicted molar refractivity (Wildman–Crippen MR) is 89.6 cm³/mol. The lowest BCUT2D eigenvalue weighted by Gasteiger charge is -2.09. The summed E-state index contributed by atoms with van der Waals surface area (Å²) in [4.78, 5) is 24.0. The van der Waals surface area contributed by atoms with E-state index in [0.29, 0.717) is 21.5 Å². The van der Waals surface area contributed by atoms with Crippen LogP contribution in [0.4, 0.5) is 0 Å². The van der Waals surface area contributed by atoms with Crippen LogP contribution < -0.4 is 10.9 Å². The average molecular weight is 361 g/mol. The Kier molecular flexibility index (Phi) is 5.33. The third-order valence-electron chi connectivity index (χ3n) is 3.25. The van der Waals surface area contributed by atoms with Crippen molar-refractivity contribution in [2.75, 3.05) is 0 Å². The second-order valence-electron chi connectivity index (χ2n) is 5.16. The molecule has 0 unspecified atom stereocenters. The Hall–Kier alpha value is -2.14. The molecule has 0 bridgehead atoms. The minimum absolute atomic E-state index is 0.351. The van der Waals surface area contributed by atoms with Crippen molar-refractivity contribution in [3.63, 3.8) is 0 Å². The number of carbonyl (C=O) groups excluding carboxylic acids is 2. The molecule has 2 aromatic carbocycles. The molecular weight excluding hydrogens is 344 g/mol. The molecule has 5 heteroatoms. The molecule has 2 amide bonds. The van der Waals surface area contributed by atoms with Crippen LogP contribution in [0.15, 0.2) is 53.0 Å². The molecule has 0 saturated heterocycles. The van der Waals surface area contributed by atoms with Gasteiger partial charge in [-0.3, -0.25) is 20.4 Å². The largest absolute Gasteiger partial charge is 0.270 e. The zero-order valence-corrected chi connectivity index (χ0v) is 14.0. The first-order chi connectivity index (χ1) is 10.5. The normalized spacial score (nSPS) is 10.4. The van der Waals surface area contributed by atoms with Gasteiger partial charge in [-0.25, -0.2) is 0 Å². The summed E-state index contributed by atoms with van der Waals surface area (Å²) in [5.74, 6) is -0.317. The first-order valence-electron chi connectivity index (χ1n) is 6.94. The minimum atomic E-state index is -0.375. The van der Waals surface area contributed by atoms with E-state index in [1.807, 2.05) is 18.2 Å². The van der Waals surface area contributed by atoms with Crippen molar-refractivity contribution in [1.82, 2.24) is 10.9 Å². The van der Waals surface area contributed by atoms with Crippen molar-refractivity contribution in [3.8, 4) is 0 Å². The number of rotatable bonds is 3. The van der Waals surface area contributed by atoms with Crippen molar-refractivity contribution in [1.29, 1.82) is 0 Å². The maximum Gasteiger partial charge on any atom is 0.270 e. The van der Waals surface area contributed by atoms with Crippen LogP contribution in [0.25, 0.3) is 0 Å². The van der Waals surface area contributed by atoms with Gasteiger partial charge in [0.1, 0.15) is 0 Å². The molecule has 0 spiro atoms. The Balaban J connectivity index is 1.98. The Morgan fingerprint density at radius 2 is 1.50 bits per heavy atom. The van der Waals surface area contributed by atoms with E-state index in [0.717, 1.165) is 5.56 Å². The number of benzene rings is 2. The van der Waals surface area contributed by atoms with Gasteiger partial charge < -0.3 is 0 Å². The van der Waals surface area contributed by atoms with Crippen LogP contribution in [0, 0.1) is 0 Å². The molecule has 0 heterocycles.